The summed E-state index contributed by atoms with van der Waals surface area (Å²) in [5, 5.41) is 13.1. The molecular formula is C17H28N4O3. The minimum Gasteiger partial charge on any atom is -0.396 e. The zero-order valence-corrected chi connectivity index (χ0v) is 14.9. The lowest BCUT2D eigenvalue weighted by molar-refractivity contribution is -0.135. The molecule has 7 nitrogen and oxygen atoms in total. The highest BCUT2D eigenvalue weighted by molar-refractivity contribution is 5.76. The van der Waals surface area contributed by atoms with Crippen molar-refractivity contribution < 1.29 is 14.4 Å². The van der Waals surface area contributed by atoms with Gasteiger partial charge in [0.1, 0.15) is 0 Å². The maximum Gasteiger partial charge on any atom is 0.236 e. The normalized spacial score (nSPS) is 27.7. The standard InChI is InChI=1S/C17H28N4O3/c1-12(2)8-20-9-14-4-6-21(15(23)5-7-22)11-17(14,10-20)16-18-13(3)19-24-16/h12,14,22H,4-11H2,1-3H3/t14-,17+/m0/s1. The van der Waals surface area contributed by atoms with Gasteiger partial charge in [-0.05, 0) is 25.2 Å². The van der Waals surface area contributed by atoms with Crippen molar-refractivity contribution in [3.63, 3.8) is 0 Å². The summed E-state index contributed by atoms with van der Waals surface area (Å²) in [4.78, 5) is 21.2. The van der Waals surface area contributed by atoms with Gasteiger partial charge in [-0.25, -0.2) is 0 Å². The third kappa shape index (κ3) is 3.19. The molecule has 24 heavy (non-hydrogen) atoms. The average Bonchev–Trinajstić information content (AvgIpc) is 3.10. The van der Waals surface area contributed by atoms with Gasteiger partial charge in [0.2, 0.25) is 11.8 Å². The molecule has 0 aromatic carbocycles. The molecule has 2 atom stereocenters. The minimum atomic E-state index is -0.278. The third-order valence-electron chi connectivity index (χ3n) is 5.24. The van der Waals surface area contributed by atoms with Crippen LogP contribution in [0.1, 0.15) is 38.4 Å². The molecule has 1 aromatic heterocycles. The number of aryl methyl sites for hydroxylation is 1. The van der Waals surface area contributed by atoms with Gasteiger partial charge in [-0.1, -0.05) is 19.0 Å². The number of nitrogens with zero attached hydrogens (tertiary/aromatic N) is 4. The van der Waals surface area contributed by atoms with Crippen molar-refractivity contribution in [2.45, 2.75) is 39.0 Å². The largest absolute Gasteiger partial charge is 0.396 e. The third-order valence-corrected chi connectivity index (χ3v) is 5.24. The molecule has 3 heterocycles. The second-order valence-electron chi connectivity index (χ2n) is 7.67. The van der Waals surface area contributed by atoms with Gasteiger partial charge in [0.15, 0.2) is 5.82 Å². The Morgan fingerprint density at radius 1 is 1.46 bits per heavy atom. The van der Waals surface area contributed by atoms with E-state index in [2.05, 4.69) is 28.9 Å². The molecule has 0 unspecified atom stereocenters. The summed E-state index contributed by atoms with van der Waals surface area (Å²) in [5.41, 5.74) is -0.278. The summed E-state index contributed by atoms with van der Waals surface area (Å²) < 4.78 is 5.57. The molecule has 1 N–H and O–H groups in total. The van der Waals surface area contributed by atoms with Crippen LogP contribution in [0.4, 0.5) is 0 Å². The summed E-state index contributed by atoms with van der Waals surface area (Å²) in [6, 6.07) is 0. The molecule has 3 rings (SSSR count). The van der Waals surface area contributed by atoms with Crippen LogP contribution in [0.25, 0.3) is 0 Å². The summed E-state index contributed by atoms with van der Waals surface area (Å²) in [7, 11) is 0. The number of fused-ring (bicyclic) bond motifs is 1. The first kappa shape index (κ1) is 17.4. The molecule has 2 fully saturated rings. The Bertz CT molecular complexity index is 588. The summed E-state index contributed by atoms with van der Waals surface area (Å²) in [6.45, 7) is 10.4. The smallest absolute Gasteiger partial charge is 0.236 e. The van der Waals surface area contributed by atoms with Crippen LogP contribution in [-0.4, -0.2) is 70.3 Å². The first-order valence-corrected chi connectivity index (χ1v) is 8.86. The number of aliphatic hydroxyl groups excluding tert-OH is 1. The molecule has 2 aliphatic heterocycles. The first-order chi connectivity index (χ1) is 11.4. The Balaban J connectivity index is 1.88. The Hall–Kier alpha value is -1.47. The second-order valence-corrected chi connectivity index (χ2v) is 7.67. The number of piperidine rings is 1. The molecule has 134 valence electrons. The molecular weight excluding hydrogens is 308 g/mol. The van der Waals surface area contributed by atoms with Crippen LogP contribution in [0.5, 0.6) is 0 Å². The van der Waals surface area contributed by atoms with Crippen LogP contribution < -0.4 is 0 Å². The van der Waals surface area contributed by atoms with Crippen molar-refractivity contribution in [2.75, 3.05) is 39.3 Å². The van der Waals surface area contributed by atoms with Gasteiger partial charge >= 0.3 is 0 Å². The van der Waals surface area contributed by atoms with E-state index in [0.29, 0.717) is 30.1 Å². The molecule has 0 spiro atoms. The van der Waals surface area contributed by atoms with Crippen molar-refractivity contribution in [1.82, 2.24) is 19.9 Å². The van der Waals surface area contributed by atoms with E-state index in [1.165, 1.54) is 0 Å². The second kappa shape index (κ2) is 6.80. The van der Waals surface area contributed by atoms with Gasteiger partial charge in [-0.3, -0.25) is 4.79 Å². The summed E-state index contributed by atoms with van der Waals surface area (Å²) in [5.74, 6) is 2.33. The fourth-order valence-corrected chi connectivity index (χ4v) is 4.29. The lowest BCUT2D eigenvalue weighted by Crippen LogP contribution is -2.53. The molecule has 0 saturated carbocycles. The predicted octanol–water partition coefficient (Wildman–Crippen LogP) is 0.818. The number of carbonyl (C=O) groups excluding carboxylic acids is 1. The quantitative estimate of drug-likeness (QED) is 0.857. The molecule has 1 amide bonds. The zero-order chi connectivity index (χ0) is 17.3. The molecule has 7 heteroatoms. The van der Waals surface area contributed by atoms with E-state index in [4.69, 9.17) is 9.63 Å². The molecule has 0 aliphatic carbocycles. The van der Waals surface area contributed by atoms with E-state index in [-0.39, 0.29) is 24.3 Å². The van der Waals surface area contributed by atoms with E-state index in [1.54, 1.807) is 0 Å². The lowest BCUT2D eigenvalue weighted by atomic mass is 9.73. The van der Waals surface area contributed by atoms with Crippen LogP contribution in [0.2, 0.25) is 0 Å². The number of amides is 1. The van der Waals surface area contributed by atoms with Crippen molar-refractivity contribution >= 4 is 5.91 Å². The van der Waals surface area contributed by atoms with Crippen molar-refractivity contribution in [1.29, 1.82) is 0 Å². The fraction of sp³-hybridized carbons (Fsp3) is 0.824. The SMILES string of the molecule is Cc1noc([C@@]23CN(CC(C)C)C[C@@H]2CCN(C(=O)CCO)C3)n1. The molecule has 1 aromatic rings. The number of rotatable bonds is 5. The van der Waals surface area contributed by atoms with Gasteiger partial charge < -0.3 is 19.4 Å². The van der Waals surface area contributed by atoms with E-state index >= 15 is 0 Å². The number of likely N-dealkylation sites (tertiary alicyclic amines) is 2. The number of hydrogen-bond acceptors (Lipinski definition) is 6. The Labute approximate surface area is 143 Å². The molecule has 0 radical (unpaired) electrons. The Kier molecular flexibility index (Phi) is 4.92. The van der Waals surface area contributed by atoms with Crippen molar-refractivity contribution in [2.24, 2.45) is 11.8 Å². The summed E-state index contributed by atoms with van der Waals surface area (Å²) >= 11 is 0. The number of aromatic nitrogens is 2. The van der Waals surface area contributed by atoms with E-state index < -0.39 is 0 Å². The van der Waals surface area contributed by atoms with Crippen LogP contribution >= 0.6 is 0 Å². The topological polar surface area (TPSA) is 82.7 Å². The van der Waals surface area contributed by atoms with Crippen molar-refractivity contribution in [3.05, 3.63) is 11.7 Å². The lowest BCUT2D eigenvalue weighted by Gasteiger charge is -2.41. The maximum absolute atomic E-state index is 12.3. The molecule has 2 saturated heterocycles. The van der Waals surface area contributed by atoms with Gasteiger partial charge in [-0.15, -0.1) is 0 Å². The van der Waals surface area contributed by atoms with E-state index in [1.807, 2.05) is 11.8 Å². The highest BCUT2D eigenvalue weighted by Gasteiger charge is 2.54. The Morgan fingerprint density at radius 3 is 2.88 bits per heavy atom. The van der Waals surface area contributed by atoms with Gasteiger partial charge in [0.25, 0.3) is 0 Å². The maximum atomic E-state index is 12.3. The summed E-state index contributed by atoms with van der Waals surface area (Å²) in [6.07, 6.45) is 1.12. The van der Waals surface area contributed by atoms with Crippen LogP contribution in [-0.2, 0) is 10.2 Å². The predicted molar refractivity (Wildman–Crippen MR) is 88.4 cm³/mol. The van der Waals surface area contributed by atoms with Gasteiger partial charge in [0, 0.05) is 39.1 Å². The van der Waals surface area contributed by atoms with Crippen LogP contribution in [0, 0.1) is 18.8 Å². The molecule has 0 bridgehead atoms. The van der Waals surface area contributed by atoms with Gasteiger partial charge in [0.05, 0.1) is 12.0 Å². The van der Waals surface area contributed by atoms with E-state index in [9.17, 15) is 4.79 Å². The zero-order valence-electron chi connectivity index (χ0n) is 14.9. The number of hydrogen-bond donors (Lipinski definition) is 1. The van der Waals surface area contributed by atoms with Gasteiger partial charge in [-0.2, -0.15) is 4.98 Å². The first-order valence-electron chi connectivity index (χ1n) is 8.86. The number of aliphatic hydroxyl groups is 1. The van der Waals surface area contributed by atoms with E-state index in [0.717, 1.165) is 32.6 Å². The number of carbonyl (C=O) groups is 1. The Morgan fingerprint density at radius 2 is 2.25 bits per heavy atom. The highest BCUT2D eigenvalue weighted by atomic mass is 16.5. The fourth-order valence-electron chi connectivity index (χ4n) is 4.29. The molecule has 2 aliphatic rings. The average molecular weight is 336 g/mol. The highest BCUT2D eigenvalue weighted by Crippen LogP contribution is 2.44. The van der Waals surface area contributed by atoms with Crippen LogP contribution in [0.3, 0.4) is 0 Å². The van der Waals surface area contributed by atoms with Crippen molar-refractivity contribution in [3.8, 4) is 0 Å². The monoisotopic (exact) mass is 336 g/mol. The van der Waals surface area contributed by atoms with Crippen LogP contribution in [0.15, 0.2) is 4.52 Å². The minimum absolute atomic E-state index is 0.00821.